The molecule has 0 spiro atoms. The molecule has 0 saturated heterocycles. The lowest BCUT2D eigenvalue weighted by Gasteiger charge is -2.08. The lowest BCUT2D eigenvalue weighted by molar-refractivity contribution is -0.114. The number of benzene rings is 1. The van der Waals surface area contributed by atoms with E-state index in [1.165, 1.54) is 50.6 Å². The largest absolute Gasteiger partial charge is 0.467 e. The molecule has 0 unspecified atom stereocenters. The summed E-state index contributed by atoms with van der Waals surface area (Å²) in [6.45, 7) is 1.37. The minimum Gasteiger partial charge on any atom is -0.467 e. The first-order chi connectivity index (χ1) is 10.4. The Morgan fingerprint density at radius 1 is 1.18 bits per heavy atom. The van der Waals surface area contributed by atoms with Crippen molar-refractivity contribution in [2.75, 3.05) is 17.1 Å². The summed E-state index contributed by atoms with van der Waals surface area (Å²) in [5, 5.41) is 2.56. The molecule has 9 heteroatoms. The number of nitrogens with zero attached hydrogens (tertiary/aromatic N) is 2. The summed E-state index contributed by atoms with van der Waals surface area (Å²) < 4.78 is 31.6. The van der Waals surface area contributed by atoms with Crippen LogP contribution < -0.4 is 14.8 Å². The van der Waals surface area contributed by atoms with Crippen LogP contribution in [0.15, 0.2) is 41.4 Å². The van der Waals surface area contributed by atoms with Gasteiger partial charge in [0.1, 0.15) is 5.82 Å². The normalized spacial score (nSPS) is 10.8. The first-order valence-electron chi connectivity index (χ1n) is 6.18. The van der Waals surface area contributed by atoms with E-state index in [2.05, 4.69) is 20.0 Å². The monoisotopic (exact) mass is 322 g/mol. The highest BCUT2D eigenvalue weighted by atomic mass is 32.2. The van der Waals surface area contributed by atoms with E-state index in [9.17, 15) is 13.2 Å². The van der Waals surface area contributed by atoms with E-state index in [1.807, 2.05) is 0 Å². The Bertz CT molecular complexity index is 775. The molecular weight excluding hydrogens is 308 g/mol. The van der Waals surface area contributed by atoms with Crippen LogP contribution >= 0.6 is 0 Å². The predicted octanol–water partition coefficient (Wildman–Crippen LogP) is 1.24. The van der Waals surface area contributed by atoms with Crippen molar-refractivity contribution in [3.8, 4) is 6.01 Å². The minimum atomic E-state index is -3.79. The number of methoxy groups -OCH3 is 1. The summed E-state index contributed by atoms with van der Waals surface area (Å²) in [7, 11) is -2.41. The van der Waals surface area contributed by atoms with Crippen molar-refractivity contribution >= 4 is 27.4 Å². The molecule has 0 aliphatic carbocycles. The second-order valence-corrected chi connectivity index (χ2v) is 5.92. The fraction of sp³-hybridized carbons (Fsp3) is 0.154. The van der Waals surface area contributed by atoms with Gasteiger partial charge in [0.05, 0.1) is 12.0 Å². The highest BCUT2D eigenvalue weighted by Crippen LogP contribution is 2.17. The van der Waals surface area contributed by atoms with Gasteiger partial charge in [0.15, 0.2) is 0 Å². The molecule has 22 heavy (non-hydrogen) atoms. The molecule has 0 atom stereocenters. The number of ether oxygens (including phenoxy) is 1. The molecule has 2 rings (SSSR count). The quantitative estimate of drug-likeness (QED) is 0.857. The van der Waals surface area contributed by atoms with Crippen LogP contribution in [0.25, 0.3) is 0 Å². The molecular formula is C13H14N4O4S. The maximum Gasteiger partial charge on any atom is 0.318 e. The van der Waals surface area contributed by atoms with Crippen molar-refractivity contribution in [2.45, 2.75) is 11.8 Å². The number of sulfonamides is 1. The minimum absolute atomic E-state index is 0.0409. The molecule has 0 radical (unpaired) electrons. The third-order valence-electron chi connectivity index (χ3n) is 2.54. The third-order valence-corrected chi connectivity index (χ3v) is 3.91. The maximum atomic E-state index is 12.2. The van der Waals surface area contributed by atoms with E-state index >= 15 is 0 Å². The number of anilines is 2. The number of hydrogen-bond acceptors (Lipinski definition) is 6. The second-order valence-electron chi connectivity index (χ2n) is 4.24. The summed E-state index contributed by atoms with van der Waals surface area (Å²) >= 11 is 0. The lowest BCUT2D eigenvalue weighted by atomic mass is 10.3. The Morgan fingerprint density at radius 3 is 2.45 bits per heavy atom. The highest BCUT2D eigenvalue weighted by molar-refractivity contribution is 7.92. The third kappa shape index (κ3) is 3.92. The van der Waals surface area contributed by atoms with Gasteiger partial charge in [-0.15, -0.1) is 0 Å². The smallest absolute Gasteiger partial charge is 0.318 e. The first kappa shape index (κ1) is 15.7. The van der Waals surface area contributed by atoms with Gasteiger partial charge in [0, 0.05) is 24.9 Å². The van der Waals surface area contributed by atoms with E-state index in [0.29, 0.717) is 5.69 Å². The van der Waals surface area contributed by atoms with Crippen LogP contribution in [0.5, 0.6) is 6.01 Å². The van der Waals surface area contributed by atoms with Gasteiger partial charge in [0.25, 0.3) is 10.0 Å². The number of carbonyl (C=O) groups excluding carboxylic acids is 1. The van der Waals surface area contributed by atoms with Gasteiger partial charge in [-0.2, -0.15) is 4.98 Å². The molecule has 1 aromatic carbocycles. The Balaban J connectivity index is 2.20. The SMILES string of the molecule is COc1nccc(NS(=O)(=O)c2ccc(NC(C)=O)cc2)n1. The van der Waals surface area contributed by atoms with Gasteiger partial charge < -0.3 is 10.1 Å². The molecule has 2 N–H and O–H groups in total. The number of hydrogen-bond donors (Lipinski definition) is 2. The van der Waals surface area contributed by atoms with Gasteiger partial charge in [-0.05, 0) is 24.3 Å². The van der Waals surface area contributed by atoms with Crippen LogP contribution in [0.4, 0.5) is 11.5 Å². The molecule has 0 saturated carbocycles. The maximum absolute atomic E-state index is 12.2. The van der Waals surface area contributed by atoms with E-state index in [4.69, 9.17) is 4.74 Å². The Morgan fingerprint density at radius 2 is 1.86 bits per heavy atom. The topological polar surface area (TPSA) is 110 Å². The Hall–Kier alpha value is -2.68. The number of nitrogens with one attached hydrogen (secondary N) is 2. The molecule has 1 aromatic heterocycles. The van der Waals surface area contributed by atoms with E-state index in [-0.39, 0.29) is 22.6 Å². The van der Waals surface area contributed by atoms with Crippen molar-refractivity contribution in [2.24, 2.45) is 0 Å². The predicted molar refractivity (Wildman–Crippen MR) is 80.1 cm³/mol. The molecule has 0 fully saturated rings. The average Bonchev–Trinajstić information content (AvgIpc) is 2.47. The summed E-state index contributed by atoms with van der Waals surface area (Å²) in [5.74, 6) is -0.139. The second kappa shape index (κ2) is 6.39. The van der Waals surface area contributed by atoms with Crippen LogP contribution in [-0.2, 0) is 14.8 Å². The molecule has 0 aliphatic rings. The number of rotatable bonds is 5. The summed E-state index contributed by atoms with van der Waals surface area (Å²) in [5.41, 5.74) is 0.509. The summed E-state index contributed by atoms with van der Waals surface area (Å²) in [6.07, 6.45) is 1.38. The molecule has 116 valence electrons. The summed E-state index contributed by atoms with van der Waals surface area (Å²) in [4.78, 5) is 18.6. The molecule has 0 bridgehead atoms. The standard InChI is InChI=1S/C13H14N4O4S/c1-9(18)15-10-3-5-11(6-4-10)22(19,20)17-12-7-8-14-13(16-12)21-2/h3-8H,1-2H3,(H,15,18)(H,14,16,17). The van der Waals surface area contributed by atoms with Crippen LogP contribution in [0, 0.1) is 0 Å². The van der Waals surface area contributed by atoms with Crippen molar-refractivity contribution in [1.29, 1.82) is 0 Å². The highest BCUT2D eigenvalue weighted by Gasteiger charge is 2.15. The van der Waals surface area contributed by atoms with Gasteiger partial charge in [-0.3, -0.25) is 9.52 Å². The molecule has 2 aromatic rings. The number of amides is 1. The zero-order chi connectivity index (χ0) is 16.2. The Labute approximate surface area is 127 Å². The molecule has 0 aliphatic heterocycles. The van der Waals surface area contributed by atoms with Crippen LogP contribution in [-0.4, -0.2) is 31.4 Å². The van der Waals surface area contributed by atoms with E-state index < -0.39 is 10.0 Å². The molecule has 1 heterocycles. The number of aromatic nitrogens is 2. The average molecular weight is 322 g/mol. The first-order valence-corrected chi connectivity index (χ1v) is 7.66. The van der Waals surface area contributed by atoms with Crippen LogP contribution in [0.3, 0.4) is 0 Å². The van der Waals surface area contributed by atoms with Crippen molar-refractivity contribution < 1.29 is 17.9 Å². The summed E-state index contributed by atoms with van der Waals surface area (Å²) in [6, 6.07) is 7.22. The van der Waals surface area contributed by atoms with Crippen molar-refractivity contribution in [3.63, 3.8) is 0 Å². The molecule has 8 nitrogen and oxygen atoms in total. The van der Waals surface area contributed by atoms with Gasteiger partial charge in [-0.25, -0.2) is 13.4 Å². The molecule has 1 amide bonds. The van der Waals surface area contributed by atoms with Crippen LogP contribution in [0.1, 0.15) is 6.92 Å². The zero-order valence-electron chi connectivity index (χ0n) is 11.9. The fourth-order valence-electron chi connectivity index (χ4n) is 1.61. The van der Waals surface area contributed by atoms with E-state index in [1.54, 1.807) is 0 Å². The van der Waals surface area contributed by atoms with Crippen LogP contribution in [0.2, 0.25) is 0 Å². The zero-order valence-corrected chi connectivity index (χ0v) is 12.7. The van der Waals surface area contributed by atoms with Gasteiger partial charge in [0.2, 0.25) is 5.91 Å². The van der Waals surface area contributed by atoms with Crippen molar-refractivity contribution in [1.82, 2.24) is 9.97 Å². The van der Waals surface area contributed by atoms with Gasteiger partial charge >= 0.3 is 6.01 Å². The Kier molecular flexibility index (Phi) is 4.56. The van der Waals surface area contributed by atoms with E-state index in [0.717, 1.165) is 0 Å². The van der Waals surface area contributed by atoms with Gasteiger partial charge in [-0.1, -0.05) is 0 Å². The number of carbonyl (C=O) groups is 1. The fourth-order valence-corrected chi connectivity index (χ4v) is 2.61. The lowest BCUT2D eigenvalue weighted by Crippen LogP contribution is -2.14. The van der Waals surface area contributed by atoms with Crippen molar-refractivity contribution in [3.05, 3.63) is 36.5 Å².